The number of benzene rings is 2. The summed E-state index contributed by atoms with van der Waals surface area (Å²) in [6.07, 6.45) is 0.802. The minimum atomic E-state index is -0.879. The highest BCUT2D eigenvalue weighted by atomic mass is 32.2. The van der Waals surface area contributed by atoms with Gasteiger partial charge >= 0.3 is 5.97 Å². The highest BCUT2D eigenvalue weighted by Gasteiger charge is 2.15. The molecule has 0 saturated heterocycles. The van der Waals surface area contributed by atoms with E-state index in [1.807, 2.05) is 54.0 Å². The molecule has 0 amide bonds. The van der Waals surface area contributed by atoms with Gasteiger partial charge in [0, 0.05) is 6.54 Å². The van der Waals surface area contributed by atoms with E-state index in [0.717, 1.165) is 17.7 Å². The van der Waals surface area contributed by atoms with Gasteiger partial charge in [0.05, 0.1) is 5.75 Å². The number of hydrogen-bond acceptors (Lipinski definition) is 5. The van der Waals surface area contributed by atoms with Crippen LogP contribution in [0.4, 0.5) is 0 Å². The third-order valence-corrected chi connectivity index (χ3v) is 4.99. The third kappa shape index (κ3) is 5.34. The lowest BCUT2D eigenvalue weighted by Gasteiger charge is -2.12. The van der Waals surface area contributed by atoms with Crippen molar-refractivity contribution in [2.75, 3.05) is 5.75 Å². The van der Waals surface area contributed by atoms with Crippen LogP contribution in [0, 0.1) is 6.92 Å². The van der Waals surface area contributed by atoms with Gasteiger partial charge in [-0.05, 0) is 30.5 Å². The van der Waals surface area contributed by atoms with Crippen LogP contribution in [0.2, 0.25) is 0 Å². The quantitative estimate of drug-likeness (QED) is 0.569. The molecule has 6 nitrogen and oxygen atoms in total. The molecule has 0 fully saturated rings. The molecular weight excluding hydrogens is 362 g/mol. The fourth-order valence-corrected chi connectivity index (χ4v) is 3.33. The lowest BCUT2D eigenvalue weighted by molar-refractivity contribution is -0.133. The molecule has 0 unspecified atom stereocenters. The van der Waals surface area contributed by atoms with E-state index in [4.69, 9.17) is 9.84 Å². The average Bonchev–Trinajstić information content (AvgIpc) is 3.06. The number of nitrogens with zero attached hydrogens (tertiary/aromatic N) is 3. The number of ether oxygens (including phenoxy) is 1. The standard InChI is InChI=1S/C20H21N3O3S/c1-15-7-5-6-10-17(15)26-13-18-21-22-20(27-14-19(24)25)23(18)12-11-16-8-3-2-4-9-16/h2-10H,11-14H2,1H3,(H,24,25). The molecule has 0 saturated carbocycles. The number of carbonyl (C=O) groups is 1. The molecule has 0 spiro atoms. The zero-order chi connectivity index (χ0) is 19.1. The summed E-state index contributed by atoms with van der Waals surface area (Å²) < 4.78 is 7.85. The van der Waals surface area contributed by atoms with E-state index >= 15 is 0 Å². The molecular formula is C20H21N3O3S. The Hall–Kier alpha value is -2.80. The zero-order valence-corrected chi connectivity index (χ0v) is 15.9. The van der Waals surface area contributed by atoms with Crippen LogP contribution in [0.5, 0.6) is 5.75 Å². The molecule has 2 aromatic carbocycles. The van der Waals surface area contributed by atoms with Crippen molar-refractivity contribution >= 4 is 17.7 Å². The first-order chi connectivity index (χ1) is 13.1. The predicted octanol–water partition coefficient (Wildman–Crippen LogP) is 3.58. The number of para-hydroxylation sites is 1. The monoisotopic (exact) mass is 383 g/mol. The van der Waals surface area contributed by atoms with Crippen molar-refractivity contribution in [2.45, 2.75) is 31.7 Å². The molecule has 27 heavy (non-hydrogen) atoms. The minimum Gasteiger partial charge on any atom is -0.485 e. The summed E-state index contributed by atoms with van der Waals surface area (Å²) in [6, 6.07) is 17.9. The van der Waals surface area contributed by atoms with Crippen LogP contribution in [-0.4, -0.2) is 31.6 Å². The van der Waals surface area contributed by atoms with E-state index in [1.165, 1.54) is 17.3 Å². The molecule has 1 aromatic heterocycles. The topological polar surface area (TPSA) is 77.2 Å². The minimum absolute atomic E-state index is 0.0535. The van der Waals surface area contributed by atoms with Gasteiger partial charge in [-0.25, -0.2) is 0 Å². The van der Waals surface area contributed by atoms with E-state index in [-0.39, 0.29) is 12.4 Å². The number of carboxylic acid groups (broad SMARTS) is 1. The van der Waals surface area contributed by atoms with Crippen LogP contribution in [0.1, 0.15) is 17.0 Å². The van der Waals surface area contributed by atoms with Gasteiger partial charge in [0.2, 0.25) is 0 Å². The Bertz CT molecular complexity index is 896. The maximum absolute atomic E-state index is 10.9. The Labute approximate surface area is 162 Å². The third-order valence-electron chi connectivity index (χ3n) is 4.04. The van der Waals surface area contributed by atoms with Gasteiger partial charge in [0.25, 0.3) is 0 Å². The lowest BCUT2D eigenvalue weighted by atomic mass is 10.1. The van der Waals surface area contributed by atoms with E-state index in [0.29, 0.717) is 17.5 Å². The molecule has 0 aliphatic heterocycles. The normalized spacial score (nSPS) is 10.7. The van der Waals surface area contributed by atoms with Gasteiger partial charge in [0.1, 0.15) is 12.4 Å². The maximum Gasteiger partial charge on any atom is 0.313 e. The fourth-order valence-electron chi connectivity index (χ4n) is 2.63. The second kappa shape index (κ2) is 9.23. The van der Waals surface area contributed by atoms with Gasteiger partial charge in [-0.2, -0.15) is 0 Å². The maximum atomic E-state index is 10.9. The summed E-state index contributed by atoms with van der Waals surface area (Å²) in [5.41, 5.74) is 2.25. The molecule has 0 aliphatic rings. The summed E-state index contributed by atoms with van der Waals surface area (Å²) >= 11 is 1.17. The average molecular weight is 383 g/mol. The number of aliphatic carboxylic acids is 1. The van der Waals surface area contributed by atoms with Crippen LogP contribution in [0.3, 0.4) is 0 Å². The molecule has 0 atom stereocenters. The van der Waals surface area contributed by atoms with Gasteiger partial charge in [-0.1, -0.05) is 60.3 Å². The Balaban J connectivity index is 1.75. The second-order valence-electron chi connectivity index (χ2n) is 6.02. The summed E-state index contributed by atoms with van der Waals surface area (Å²) in [5, 5.41) is 17.9. The van der Waals surface area contributed by atoms with Gasteiger partial charge in [-0.15, -0.1) is 10.2 Å². The highest BCUT2D eigenvalue weighted by Crippen LogP contribution is 2.21. The molecule has 0 bridgehead atoms. The smallest absolute Gasteiger partial charge is 0.313 e. The Kier molecular flexibility index (Phi) is 6.49. The summed E-state index contributed by atoms with van der Waals surface area (Å²) in [4.78, 5) is 10.9. The number of aromatic nitrogens is 3. The van der Waals surface area contributed by atoms with Crippen molar-refractivity contribution in [1.29, 1.82) is 0 Å². The van der Waals surface area contributed by atoms with Crippen molar-refractivity contribution in [3.8, 4) is 5.75 Å². The number of rotatable bonds is 9. The fraction of sp³-hybridized carbons (Fsp3) is 0.250. The van der Waals surface area contributed by atoms with Gasteiger partial charge in [0.15, 0.2) is 11.0 Å². The van der Waals surface area contributed by atoms with E-state index in [2.05, 4.69) is 22.3 Å². The Morgan fingerprint density at radius 3 is 2.59 bits per heavy atom. The first-order valence-electron chi connectivity index (χ1n) is 8.62. The number of aryl methyl sites for hydroxylation is 2. The van der Waals surface area contributed by atoms with Crippen molar-refractivity contribution < 1.29 is 14.6 Å². The number of carboxylic acids is 1. The molecule has 3 aromatic rings. The summed E-state index contributed by atoms with van der Waals surface area (Å²) in [5.74, 6) is 0.550. The van der Waals surface area contributed by atoms with Gasteiger partial charge in [-0.3, -0.25) is 4.79 Å². The van der Waals surface area contributed by atoms with Crippen LogP contribution >= 0.6 is 11.8 Å². The molecule has 7 heteroatoms. The highest BCUT2D eigenvalue weighted by molar-refractivity contribution is 7.99. The van der Waals surface area contributed by atoms with Gasteiger partial charge < -0.3 is 14.4 Å². The summed E-state index contributed by atoms with van der Waals surface area (Å²) in [7, 11) is 0. The zero-order valence-electron chi connectivity index (χ0n) is 15.0. The molecule has 1 N–H and O–H groups in total. The lowest BCUT2D eigenvalue weighted by Crippen LogP contribution is -2.11. The summed E-state index contributed by atoms with van der Waals surface area (Å²) in [6.45, 7) is 2.93. The van der Waals surface area contributed by atoms with E-state index < -0.39 is 5.97 Å². The number of thioether (sulfide) groups is 1. The SMILES string of the molecule is Cc1ccccc1OCc1nnc(SCC(=O)O)n1CCc1ccccc1. The van der Waals surface area contributed by atoms with Crippen molar-refractivity contribution in [3.63, 3.8) is 0 Å². The predicted molar refractivity (Wildman–Crippen MR) is 104 cm³/mol. The van der Waals surface area contributed by atoms with Crippen molar-refractivity contribution in [3.05, 3.63) is 71.5 Å². The van der Waals surface area contributed by atoms with E-state index in [1.54, 1.807) is 0 Å². The number of hydrogen-bond donors (Lipinski definition) is 1. The molecule has 0 aliphatic carbocycles. The molecule has 1 heterocycles. The van der Waals surface area contributed by atoms with Crippen LogP contribution in [-0.2, 0) is 24.4 Å². The Morgan fingerprint density at radius 2 is 1.85 bits per heavy atom. The molecule has 3 rings (SSSR count). The second-order valence-corrected chi connectivity index (χ2v) is 6.97. The molecule has 0 radical (unpaired) electrons. The first kappa shape index (κ1) is 19.0. The molecule has 140 valence electrons. The first-order valence-corrected chi connectivity index (χ1v) is 9.61. The van der Waals surface area contributed by atoms with Crippen molar-refractivity contribution in [1.82, 2.24) is 14.8 Å². The van der Waals surface area contributed by atoms with Crippen LogP contribution in [0.15, 0.2) is 59.8 Å². The van der Waals surface area contributed by atoms with E-state index in [9.17, 15) is 4.79 Å². The van der Waals surface area contributed by atoms with Crippen molar-refractivity contribution in [2.24, 2.45) is 0 Å². The Morgan fingerprint density at radius 1 is 1.11 bits per heavy atom. The van der Waals surface area contributed by atoms with Crippen LogP contribution < -0.4 is 4.74 Å². The largest absolute Gasteiger partial charge is 0.485 e. The van der Waals surface area contributed by atoms with Crippen LogP contribution in [0.25, 0.3) is 0 Å².